The molecule has 1 aromatic heterocycles. The third-order valence-electron chi connectivity index (χ3n) is 3.68. The van der Waals surface area contributed by atoms with Crippen molar-refractivity contribution in [2.75, 3.05) is 26.0 Å². The van der Waals surface area contributed by atoms with Gasteiger partial charge in [0.25, 0.3) is 11.6 Å². The number of pyridine rings is 1. The lowest BCUT2D eigenvalue weighted by molar-refractivity contribution is -0.385. The van der Waals surface area contributed by atoms with Gasteiger partial charge in [0.2, 0.25) is 0 Å². The maximum absolute atomic E-state index is 12.4. The van der Waals surface area contributed by atoms with Gasteiger partial charge in [-0.2, -0.15) is 0 Å². The summed E-state index contributed by atoms with van der Waals surface area (Å²) in [5, 5.41) is 13.6. The normalized spacial score (nSPS) is 20.4. The Bertz CT molecular complexity index is 546. The number of amides is 1. The number of nitro groups is 1. The SMILES string of the molecule is CNc1ncc([N+](=O)[O-])cc1C(=O)N(C)CC1CC1C. The number of nitrogens with zero attached hydrogens (tertiary/aromatic N) is 3. The van der Waals surface area contributed by atoms with E-state index in [-0.39, 0.29) is 17.2 Å². The molecule has 108 valence electrons. The van der Waals surface area contributed by atoms with Gasteiger partial charge in [0, 0.05) is 26.7 Å². The van der Waals surface area contributed by atoms with Crippen LogP contribution in [0.2, 0.25) is 0 Å². The molecule has 7 nitrogen and oxygen atoms in total. The highest BCUT2D eigenvalue weighted by molar-refractivity contribution is 5.99. The molecule has 1 fully saturated rings. The second kappa shape index (κ2) is 5.44. The second-order valence-electron chi connectivity index (χ2n) is 5.26. The molecule has 1 aromatic rings. The van der Waals surface area contributed by atoms with E-state index in [2.05, 4.69) is 17.2 Å². The van der Waals surface area contributed by atoms with Crippen LogP contribution in [0.5, 0.6) is 0 Å². The molecule has 1 N–H and O–H groups in total. The topological polar surface area (TPSA) is 88.4 Å². The van der Waals surface area contributed by atoms with Crippen LogP contribution in [0.4, 0.5) is 11.5 Å². The number of nitrogens with one attached hydrogen (secondary N) is 1. The van der Waals surface area contributed by atoms with Crippen LogP contribution in [-0.4, -0.2) is 41.4 Å². The molecule has 0 bridgehead atoms. The molecule has 0 saturated heterocycles. The van der Waals surface area contributed by atoms with Gasteiger partial charge in [-0.05, 0) is 18.3 Å². The Labute approximate surface area is 117 Å². The summed E-state index contributed by atoms with van der Waals surface area (Å²) in [5.74, 6) is 1.30. The van der Waals surface area contributed by atoms with E-state index in [1.54, 1.807) is 19.0 Å². The largest absolute Gasteiger partial charge is 0.372 e. The Morgan fingerprint density at radius 1 is 1.65 bits per heavy atom. The van der Waals surface area contributed by atoms with Crippen molar-refractivity contribution in [3.05, 3.63) is 27.9 Å². The zero-order valence-electron chi connectivity index (χ0n) is 11.8. The predicted octanol–water partition coefficient (Wildman–Crippen LogP) is 1.76. The van der Waals surface area contributed by atoms with Gasteiger partial charge in [0.05, 0.1) is 10.5 Å². The monoisotopic (exact) mass is 278 g/mol. The maximum atomic E-state index is 12.4. The molecule has 0 spiro atoms. The number of aromatic nitrogens is 1. The van der Waals surface area contributed by atoms with Gasteiger partial charge in [-0.25, -0.2) is 4.98 Å². The van der Waals surface area contributed by atoms with E-state index in [0.717, 1.165) is 12.6 Å². The van der Waals surface area contributed by atoms with Crippen molar-refractivity contribution >= 4 is 17.4 Å². The summed E-state index contributed by atoms with van der Waals surface area (Å²) in [6, 6.07) is 1.27. The lowest BCUT2D eigenvalue weighted by atomic mass is 10.2. The number of rotatable bonds is 5. The molecule has 0 aromatic carbocycles. The Morgan fingerprint density at radius 2 is 2.30 bits per heavy atom. The average Bonchev–Trinajstić information content (AvgIpc) is 3.12. The highest BCUT2D eigenvalue weighted by Crippen LogP contribution is 2.38. The molecule has 20 heavy (non-hydrogen) atoms. The van der Waals surface area contributed by atoms with Gasteiger partial charge in [0.15, 0.2) is 0 Å². The highest BCUT2D eigenvalue weighted by Gasteiger charge is 2.34. The summed E-state index contributed by atoms with van der Waals surface area (Å²) in [4.78, 5) is 28.2. The fourth-order valence-electron chi connectivity index (χ4n) is 2.21. The summed E-state index contributed by atoms with van der Waals surface area (Å²) in [7, 11) is 3.35. The van der Waals surface area contributed by atoms with Crippen LogP contribution in [0.25, 0.3) is 0 Å². The number of hydrogen-bond donors (Lipinski definition) is 1. The second-order valence-corrected chi connectivity index (χ2v) is 5.26. The van der Waals surface area contributed by atoms with E-state index in [1.165, 1.54) is 6.07 Å². The van der Waals surface area contributed by atoms with Gasteiger partial charge in [0.1, 0.15) is 12.0 Å². The standard InChI is InChI=1S/C13H18N4O3/c1-8-4-9(8)7-16(3)13(18)11-5-10(17(19)20)6-15-12(11)14-2/h5-6,8-9H,4,7H2,1-3H3,(H,14,15). The van der Waals surface area contributed by atoms with Gasteiger partial charge >= 0.3 is 0 Å². The number of carbonyl (C=O) groups is 1. The van der Waals surface area contributed by atoms with Gasteiger partial charge in [-0.15, -0.1) is 0 Å². The summed E-state index contributed by atoms with van der Waals surface area (Å²) in [5.41, 5.74) is 0.0537. The lowest BCUT2D eigenvalue weighted by Gasteiger charge is -2.18. The molecular formula is C13H18N4O3. The zero-order chi connectivity index (χ0) is 14.9. The van der Waals surface area contributed by atoms with Crippen LogP contribution < -0.4 is 5.32 Å². The van der Waals surface area contributed by atoms with Crippen LogP contribution in [0, 0.1) is 22.0 Å². The molecule has 0 aliphatic heterocycles. The Morgan fingerprint density at radius 3 is 2.80 bits per heavy atom. The third kappa shape index (κ3) is 2.87. The smallest absolute Gasteiger partial charge is 0.288 e. The number of anilines is 1. The van der Waals surface area contributed by atoms with Crippen molar-refractivity contribution in [1.82, 2.24) is 9.88 Å². The van der Waals surface area contributed by atoms with Crippen LogP contribution >= 0.6 is 0 Å². The summed E-state index contributed by atoms with van der Waals surface area (Å²) >= 11 is 0. The lowest BCUT2D eigenvalue weighted by Crippen LogP contribution is -2.30. The summed E-state index contributed by atoms with van der Waals surface area (Å²) in [6.45, 7) is 2.82. The summed E-state index contributed by atoms with van der Waals surface area (Å²) < 4.78 is 0. The van der Waals surface area contributed by atoms with E-state index >= 15 is 0 Å². The fourth-order valence-corrected chi connectivity index (χ4v) is 2.21. The quantitative estimate of drug-likeness (QED) is 0.655. The molecule has 1 aliphatic carbocycles. The van der Waals surface area contributed by atoms with E-state index < -0.39 is 4.92 Å². The van der Waals surface area contributed by atoms with Crippen LogP contribution in [0.3, 0.4) is 0 Å². The molecule has 1 aliphatic rings. The van der Waals surface area contributed by atoms with Crippen molar-refractivity contribution in [2.45, 2.75) is 13.3 Å². The third-order valence-corrected chi connectivity index (χ3v) is 3.68. The minimum absolute atomic E-state index is 0.180. The minimum atomic E-state index is -0.549. The molecule has 2 unspecified atom stereocenters. The van der Waals surface area contributed by atoms with Crippen molar-refractivity contribution in [1.29, 1.82) is 0 Å². The molecule has 0 radical (unpaired) electrons. The van der Waals surface area contributed by atoms with E-state index in [4.69, 9.17) is 0 Å². The first-order chi connectivity index (χ1) is 9.43. The first kappa shape index (κ1) is 14.2. The van der Waals surface area contributed by atoms with E-state index in [1.807, 2.05) is 0 Å². The van der Waals surface area contributed by atoms with Crippen molar-refractivity contribution in [3.63, 3.8) is 0 Å². The molecular weight excluding hydrogens is 260 g/mol. The van der Waals surface area contributed by atoms with Gasteiger partial charge in [-0.1, -0.05) is 6.92 Å². The maximum Gasteiger partial charge on any atom is 0.288 e. The minimum Gasteiger partial charge on any atom is -0.372 e. The first-order valence-corrected chi connectivity index (χ1v) is 6.51. The molecule has 2 atom stereocenters. The van der Waals surface area contributed by atoms with Crippen LogP contribution in [0.15, 0.2) is 12.3 Å². The van der Waals surface area contributed by atoms with Crippen LogP contribution in [-0.2, 0) is 0 Å². The van der Waals surface area contributed by atoms with Crippen molar-refractivity contribution in [3.8, 4) is 0 Å². The van der Waals surface area contributed by atoms with Gasteiger partial charge in [-0.3, -0.25) is 14.9 Å². The molecule has 1 heterocycles. The molecule has 7 heteroatoms. The predicted molar refractivity (Wildman–Crippen MR) is 74.7 cm³/mol. The molecule has 1 amide bonds. The Kier molecular flexibility index (Phi) is 3.87. The van der Waals surface area contributed by atoms with E-state index in [9.17, 15) is 14.9 Å². The van der Waals surface area contributed by atoms with Crippen molar-refractivity contribution < 1.29 is 9.72 Å². The zero-order valence-corrected chi connectivity index (χ0v) is 11.8. The number of hydrogen-bond acceptors (Lipinski definition) is 5. The highest BCUT2D eigenvalue weighted by atomic mass is 16.6. The van der Waals surface area contributed by atoms with E-state index in [0.29, 0.717) is 24.2 Å². The molecule has 2 rings (SSSR count). The first-order valence-electron chi connectivity index (χ1n) is 6.51. The number of carbonyl (C=O) groups excluding carboxylic acids is 1. The van der Waals surface area contributed by atoms with Gasteiger partial charge < -0.3 is 10.2 Å². The Hall–Kier alpha value is -2.18. The van der Waals surface area contributed by atoms with Crippen LogP contribution in [0.1, 0.15) is 23.7 Å². The van der Waals surface area contributed by atoms with Crippen molar-refractivity contribution in [2.24, 2.45) is 11.8 Å². The average molecular weight is 278 g/mol. The Balaban J connectivity index is 2.22. The fraction of sp³-hybridized carbons (Fsp3) is 0.538. The molecule has 1 saturated carbocycles. The summed E-state index contributed by atoms with van der Waals surface area (Å²) in [6.07, 6.45) is 2.27.